The Labute approximate surface area is 95.3 Å². The van der Waals surface area contributed by atoms with Crippen LogP contribution in [0.15, 0.2) is 29.4 Å². The predicted octanol–water partition coefficient (Wildman–Crippen LogP) is 2.41. The monoisotopic (exact) mass is 220 g/mol. The molecule has 86 valence electrons. The first-order valence-corrected chi connectivity index (χ1v) is 5.18. The van der Waals surface area contributed by atoms with Gasteiger partial charge in [0, 0.05) is 18.2 Å². The van der Waals surface area contributed by atoms with Crippen LogP contribution < -0.4 is 5.32 Å². The van der Waals surface area contributed by atoms with Crippen LogP contribution in [0.5, 0.6) is 0 Å². The van der Waals surface area contributed by atoms with E-state index in [1.807, 2.05) is 38.1 Å². The van der Waals surface area contributed by atoms with Gasteiger partial charge in [0.15, 0.2) is 0 Å². The smallest absolute Gasteiger partial charge is 0.221 e. The third-order valence-electron chi connectivity index (χ3n) is 1.93. The first-order chi connectivity index (χ1) is 7.63. The molecule has 0 spiro atoms. The molecular weight excluding hydrogens is 204 g/mol. The van der Waals surface area contributed by atoms with Crippen LogP contribution in [0.4, 0.5) is 5.69 Å². The third-order valence-corrected chi connectivity index (χ3v) is 1.93. The molecule has 0 saturated heterocycles. The number of benzene rings is 1. The molecule has 0 atom stereocenters. The Hall–Kier alpha value is -1.84. The zero-order chi connectivity index (χ0) is 12.0. The summed E-state index contributed by atoms with van der Waals surface area (Å²) >= 11 is 0. The predicted molar refractivity (Wildman–Crippen MR) is 64.6 cm³/mol. The Bertz CT molecular complexity index is 400. The van der Waals surface area contributed by atoms with E-state index < -0.39 is 0 Å². The highest BCUT2D eigenvalue weighted by atomic mass is 16.6. The molecule has 0 aromatic heterocycles. The maximum atomic E-state index is 10.9. The van der Waals surface area contributed by atoms with Gasteiger partial charge in [0.1, 0.15) is 6.61 Å². The minimum absolute atomic E-state index is 0.0865. The fourth-order valence-corrected chi connectivity index (χ4v) is 1.24. The van der Waals surface area contributed by atoms with E-state index in [2.05, 4.69) is 10.5 Å². The molecular formula is C12H16N2O2. The van der Waals surface area contributed by atoms with Crippen molar-refractivity contribution in [1.29, 1.82) is 0 Å². The van der Waals surface area contributed by atoms with Crippen LogP contribution in [-0.4, -0.2) is 18.2 Å². The zero-order valence-corrected chi connectivity index (χ0v) is 9.78. The van der Waals surface area contributed by atoms with E-state index in [0.29, 0.717) is 6.61 Å². The molecule has 0 aliphatic carbocycles. The summed E-state index contributed by atoms with van der Waals surface area (Å²) in [6, 6.07) is 7.48. The molecule has 16 heavy (non-hydrogen) atoms. The Morgan fingerprint density at radius 3 is 2.81 bits per heavy atom. The van der Waals surface area contributed by atoms with Gasteiger partial charge >= 0.3 is 0 Å². The van der Waals surface area contributed by atoms with Crippen molar-refractivity contribution in [3.05, 3.63) is 29.8 Å². The summed E-state index contributed by atoms with van der Waals surface area (Å²) in [5.41, 5.74) is 2.48. The van der Waals surface area contributed by atoms with Crippen LogP contribution in [-0.2, 0) is 9.63 Å². The van der Waals surface area contributed by atoms with Gasteiger partial charge in [-0.15, -0.1) is 0 Å². The van der Waals surface area contributed by atoms with Crippen LogP contribution in [0.25, 0.3) is 0 Å². The second kappa shape index (κ2) is 5.90. The number of hydrogen-bond donors (Lipinski definition) is 1. The van der Waals surface area contributed by atoms with Crippen LogP contribution in [0.2, 0.25) is 0 Å². The minimum atomic E-state index is -0.0865. The van der Waals surface area contributed by atoms with Crippen LogP contribution in [0.3, 0.4) is 0 Å². The number of nitrogens with zero attached hydrogens (tertiary/aromatic N) is 1. The third kappa shape index (κ3) is 3.73. The van der Waals surface area contributed by atoms with E-state index in [9.17, 15) is 4.79 Å². The average Bonchev–Trinajstić information content (AvgIpc) is 2.25. The van der Waals surface area contributed by atoms with Gasteiger partial charge in [-0.05, 0) is 26.0 Å². The minimum Gasteiger partial charge on any atom is -0.396 e. The molecule has 1 amide bonds. The fourth-order valence-electron chi connectivity index (χ4n) is 1.24. The van der Waals surface area contributed by atoms with E-state index in [4.69, 9.17) is 4.84 Å². The van der Waals surface area contributed by atoms with Crippen LogP contribution in [0, 0.1) is 0 Å². The second-order valence-electron chi connectivity index (χ2n) is 3.36. The number of hydrogen-bond acceptors (Lipinski definition) is 3. The highest BCUT2D eigenvalue weighted by Gasteiger charge is 2.00. The van der Waals surface area contributed by atoms with Crippen molar-refractivity contribution in [2.45, 2.75) is 20.8 Å². The quantitative estimate of drug-likeness (QED) is 0.625. The first-order valence-electron chi connectivity index (χ1n) is 5.18. The Balaban J connectivity index is 2.85. The normalized spacial score (nSPS) is 11.1. The van der Waals surface area contributed by atoms with E-state index in [1.54, 1.807) is 0 Å². The number of nitrogens with one attached hydrogen (secondary N) is 1. The molecule has 0 bridgehead atoms. The van der Waals surface area contributed by atoms with Gasteiger partial charge in [0.25, 0.3) is 0 Å². The van der Waals surface area contributed by atoms with E-state index in [1.165, 1.54) is 6.92 Å². The molecule has 1 aromatic rings. The van der Waals surface area contributed by atoms with Gasteiger partial charge in [0.05, 0.1) is 5.71 Å². The summed E-state index contributed by atoms with van der Waals surface area (Å²) in [6.45, 7) is 5.77. The van der Waals surface area contributed by atoms with Gasteiger partial charge in [0.2, 0.25) is 5.91 Å². The maximum absolute atomic E-state index is 10.9. The molecule has 0 aliphatic heterocycles. The Morgan fingerprint density at radius 1 is 1.44 bits per heavy atom. The lowest BCUT2D eigenvalue weighted by atomic mass is 10.1. The zero-order valence-electron chi connectivity index (χ0n) is 9.78. The van der Waals surface area contributed by atoms with Crippen molar-refractivity contribution < 1.29 is 9.63 Å². The van der Waals surface area contributed by atoms with E-state index in [-0.39, 0.29) is 5.91 Å². The molecule has 0 fully saturated rings. The molecule has 4 nitrogen and oxygen atoms in total. The number of rotatable bonds is 4. The largest absolute Gasteiger partial charge is 0.396 e. The number of oxime groups is 1. The standard InChI is InChI=1S/C12H16N2O2/c1-4-16-14-9(2)11-6-5-7-12(8-11)13-10(3)15/h5-8H,4H2,1-3H3,(H,13,15)/b14-9-. The van der Waals surface area contributed by atoms with Crippen molar-refractivity contribution >= 4 is 17.3 Å². The van der Waals surface area contributed by atoms with Crippen LogP contribution in [0.1, 0.15) is 26.3 Å². The topological polar surface area (TPSA) is 50.7 Å². The SMILES string of the molecule is CCO/N=C(/C)c1cccc(NC(C)=O)c1. The van der Waals surface area contributed by atoms with Gasteiger partial charge in [-0.3, -0.25) is 4.79 Å². The lowest BCUT2D eigenvalue weighted by Gasteiger charge is -2.05. The molecule has 0 aliphatic rings. The van der Waals surface area contributed by atoms with Crippen molar-refractivity contribution in [2.75, 3.05) is 11.9 Å². The lowest BCUT2D eigenvalue weighted by Crippen LogP contribution is -2.06. The van der Waals surface area contributed by atoms with Crippen molar-refractivity contribution in [1.82, 2.24) is 0 Å². The maximum Gasteiger partial charge on any atom is 0.221 e. The summed E-state index contributed by atoms with van der Waals surface area (Å²) in [5, 5.41) is 6.66. The van der Waals surface area contributed by atoms with Crippen molar-refractivity contribution in [2.24, 2.45) is 5.16 Å². The average molecular weight is 220 g/mol. The van der Waals surface area contributed by atoms with Gasteiger partial charge in [-0.2, -0.15) is 0 Å². The van der Waals surface area contributed by atoms with Crippen molar-refractivity contribution in [3.8, 4) is 0 Å². The highest BCUT2D eigenvalue weighted by molar-refractivity contribution is 6.00. The Morgan fingerprint density at radius 2 is 2.19 bits per heavy atom. The molecule has 0 saturated carbocycles. The number of amides is 1. The molecule has 0 heterocycles. The molecule has 4 heteroatoms. The van der Waals surface area contributed by atoms with Gasteiger partial charge in [-0.25, -0.2) is 0 Å². The first kappa shape index (κ1) is 12.2. The summed E-state index contributed by atoms with van der Waals surface area (Å²) in [5.74, 6) is -0.0865. The number of carbonyl (C=O) groups is 1. The summed E-state index contributed by atoms with van der Waals surface area (Å²) in [6.07, 6.45) is 0. The van der Waals surface area contributed by atoms with Crippen LogP contribution >= 0.6 is 0 Å². The summed E-state index contributed by atoms with van der Waals surface area (Å²) in [4.78, 5) is 15.9. The molecule has 0 radical (unpaired) electrons. The van der Waals surface area contributed by atoms with Gasteiger partial charge < -0.3 is 10.2 Å². The molecule has 1 aromatic carbocycles. The lowest BCUT2D eigenvalue weighted by molar-refractivity contribution is -0.114. The van der Waals surface area contributed by atoms with Gasteiger partial charge in [-0.1, -0.05) is 17.3 Å². The second-order valence-corrected chi connectivity index (χ2v) is 3.36. The molecule has 1 rings (SSSR count). The number of carbonyl (C=O) groups excluding carboxylic acids is 1. The number of anilines is 1. The van der Waals surface area contributed by atoms with E-state index in [0.717, 1.165) is 17.0 Å². The highest BCUT2D eigenvalue weighted by Crippen LogP contribution is 2.11. The molecule has 0 unspecified atom stereocenters. The summed E-state index contributed by atoms with van der Waals surface area (Å²) in [7, 11) is 0. The fraction of sp³-hybridized carbons (Fsp3) is 0.333. The summed E-state index contributed by atoms with van der Waals surface area (Å²) < 4.78 is 0. The molecule has 1 N–H and O–H groups in total. The van der Waals surface area contributed by atoms with E-state index >= 15 is 0 Å². The Kier molecular flexibility index (Phi) is 4.51. The van der Waals surface area contributed by atoms with Crippen molar-refractivity contribution in [3.63, 3.8) is 0 Å².